The first-order valence-corrected chi connectivity index (χ1v) is 6.97. The highest BCUT2D eigenvalue weighted by molar-refractivity contribution is 7.10. The second kappa shape index (κ2) is 5.39. The van der Waals surface area contributed by atoms with Crippen molar-refractivity contribution >= 4 is 22.9 Å². The largest absolute Gasteiger partial charge is 0.309 e. The van der Waals surface area contributed by atoms with Gasteiger partial charge < -0.3 is 5.32 Å². The van der Waals surface area contributed by atoms with Crippen molar-refractivity contribution in [2.45, 2.75) is 19.9 Å². The molecule has 0 amide bonds. The summed E-state index contributed by atoms with van der Waals surface area (Å²) in [5.41, 5.74) is 2.75. The van der Waals surface area contributed by atoms with Crippen LogP contribution in [0.2, 0.25) is 5.02 Å². The van der Waals surface area contributed by atoms with Crippen molar-refractivity contribution in [1.29, 1.82) is 0 Å². The topological polar surface area (TPSA) is 12.0 Å². The maximum atomic E-state index is 13.4. The molecular weight excluding hydrogens is 269 g/mol. The van der Waals surface area contributed by atoms with Crippen molar-refractivity contribution < 1.29 is 4.39 Å². The number of thiophene rings is 1. The standard InChI is InChI=1S/C14H15ClFNS/c1-8-4-5-18-14(8)13(17-3)10-6-9(2)12(16)7-11(10)15/h4-7,13,17H,1-3H3. The fraction of sp³-hybridized carbons (Fsp3) is 0.286. The third-order valence-corrected chi connectivity index (χ3v) is 4.45. The number of benzene rings is 1. The van der Waals surface area contributed by atoms with E-state index >= 15 is 0 Å². The molecule has 0 aliphatic heterocycles. The summed E-state index contributed by atoms with van der Waals surface area (Å²) in [7, 11) is 1.89. The van der Waals surface area contributed by atoms with Crippen LogP contribution in [0.25, 0.3) is 0 Å². The number of halogens is 2. The molecule has 1 heterocycles. The van der Waals surface area contributed by atoms with Gasteiger partial charge in [0, 0.05) is 9.90 Å². The lowest BCUT2D eigenvalue weighted by Gasteiger charge is -2.18. The maximum absolute atomic E-state index is 13.4. The summed E-state index contributed by atoms with van der Waals surface area (Å²) in [5.74, 6) is -0.262. The molecule has 1 unspecified atom stereocenters. The average molecular weight is 284 g/mol. The third kappa shape index (κ3) is 2.44. The Bertz CT molecular complexity index is 565. The lowest BCUT2D eigenvalue weighted by molar-refractivity contribution is 0.614. The van der Waals surface area contributed by atoms with Gasteiger partial charge in [0.1, 0.15) is 5.82 Å². The number of aryl methyl sites for hydroxylation is 2. The van der Waals surface area contributed by atoms with Gasteiger partial charge in [-0.05, 0) is 61.2 Å². The smallest absolute Gasteiger partial charge is 0.127 e. The molecule has 2 rings (SSSR count). The fourth-order valence-corrected chi connectivity index (χ4v) is 3.32. The maximum Gasteiger partial charge on any atom is 0.127 e. The third-order valence-electron chi connectivity index (χ3n) is 3.04. The second-order valence-electron chi connectivity index (χ2n) is 4.31. The summed E-state index contributed by atoms with van der Waals surface area (Å²) in [6.45, 7) is 3.82. The van der Waals surface area contributed by atoms with Gasteiger partial charge in [0.15, 0.2) is 0 Å². The molecule has 0 aliphatic carbocycles. The van der Waals surface area contributed by atoms with Crippen LogP contribution in [0.1, 0.15) is 27.6 Å². The van der Waals surface area contributed by atoms with Crippen LogP contribution in [0.5, 0.6) is 0 Å². The average Bonchev–Trinajstić information content (AvgIpc) is 2.73. The van der Waals surface area contributed by atoms with E-state index in [9.17, 15) is 4.39 Å². The summed E-state index contributed by atoms with van der Waals surface area (Å²) < 4.78 is 13.4. The van der Waals surface area contributed by atoms with Gasteiger partial charge in [0.25, 0.3) is 0 Å². The van der Waals surface area contributed by atoms with Gasteiger partial charge in [-0.15, -0.1) is 11.3 Å². The normalized spacial score (nSPS) is 12.7. The molecule has 1 nitrogen and oxygen atoms in total. The molecular formula is C14H15ClFNS. The molecule has 18 heavy (non-hydrogen) atoms. The summed E-state index contributed by atoms with van der Waals surface area (Å²) in [6, 6.07) is 5.29. The van der Waals surface area contributed by atoms with E-state index < -0.39 is 0 Å². The molecule has 1 aromatic carbocycles. The van der Waals surface area contributed by atoms with Gasteiger partial charge in [0.2, 0.25) is 0 Å². The number of hydrogen-bond acceptors (Lipinski definition) is 2. The highest BCUT2D eigenvalue weighted by Gasteiger charge is 2.19. The van der Waals surface area contributed by atoms with Crippen LogP contribution in [0.4, 0.5) is 4.39 Å². The predicted molar refractivity (Wildman–Crippen MR) is 76.1 cm³/mol. The highest BCUT2D eigenvalue weighted by atomic mass is 35.5. The predicted octanol–water partition coefficient (Wildman–Crippen LogP) is 4.47. The van der Waals surface area contributed by atoms with Crippen molar-refractivity contribution in [2.75, 3.05) is 7.05 Å². The van der Waals surface area contributed by atoms with E-state index in [-0.39, 0.29) is 11.9 Å². The molecule has 1 aromatic heterocycles. The van der Waals surface area contributed by atoms with Crippen LogP contribution in [0.3, 0.4) is 0 Å². The van der Waals surface area contributed by atoms with Crippen LogP contribution in [0, 0.1) is 19.7 Å². The molecule has 0 radical (unpaired) electrons. The quantitative estimate of drug-likeness (QED) is 0.876. The zero-order chi connectivity index (χ0) is 13.3. The number of nitrogens with one attached hydrogen (secondary N) is 1. The van der Waals surface area contributed by atoms with Gasteiger partial charge in [0.05, 0.1) is 6.04 Å². The minimum absolute atomic E-state index is 0.0109. The minimum Gasteiger partial charge on any atom is -0.309 e. The molecule has 1 N–H and O–H groups in total. The van der Waals surface area contributed by atoms with Gasteiger partial charge in [-0.1, -0.05) is 11.6 Å². The van der Waals surface area contributed by atoms with E-state index in [1.54, 1.807) is 18.3 Å². The Balaban J connectivity index is 2.52. The molecule has 0 saturated carbocycles. The van der Waals surface area contributed by atoms with Crippen molar-refractivity contribution in [3.05, 3.63) is 56.0 Å². The van der Waals surface area contributed by atoms with Crippen LogP contribution in [-0.2, 0) is 0 Å². The lowest BCUT2D eigenvalue weighted by Crippen LogP contribution is -2.18. The Labute approximate surface area is 116 Å². The van der Waals surface area contributed by atoms with Crippen molar-refractivity contribution in [1.82, 2.24) is 5.32 Å². The van der Waals surface area contributed by atoms with Crippen molar-refractivity contribution in [3.63, 3.8) is 0 Å². The van der Waals surface area contributed by atoms with Gasteiger partial charge >= 0.3 is 0 Å². The molecule has 2 aromatic rings. The molecule has 0 bridgehead atoms. The first kappa shape index (κ1) is 13.5. The van der Waals surface area contributed by atoms with Crippen LogP contribution < -0.4 is 5.32 Å². The molecule has 0 fully saturated rings. The Hall–Kier alpha value is -0.900. The Morgan fingerprint density at radius 2 is 2.00 bits per heavy atom. The van der Waals surface area contributed by atoms with Crippen LogP contribution >= 0.6 is 22.9 Å². The Kier molecular flexibility index (Phi) is 4.05. The van der Waals surface area contributed by atoms with Gasteiger partial charge in [-0.25, -0.2) is 4.39 Å². The molecule has 1 atom stereocenters. The molecule has 96 valence electrons. The number of hydrogen-bond donors (Lipinski definition) is 1. The van der Waals surface area contributed by atoms with E-state index in [2.05, 4.69) is 23.7 Å². The molecule has 4 heteroatoms. The van der Waals surface area contributed by atoms with E-state index in [1.165, 1.54) is 16.5 Å². The fourth-order valence-electron chi connectivity index (χ4n) is 2.01. The first-order valence-electron chi connectivity index (χ1n) is 5.71. The first-order chi connectivity index (χ1) is 8.54. The van der Waals surface area contributed by atoms with Crippen LogP contribution in [0.15, 0.2) is 23.6 Å². The second-order valence-corrected chi connectivity index (χ2v) is 5.67. The molecule has 0 aliphatic rings. The Morgan fingerprint density at radius 1 is 1.28 bits per heavy atom. The van der Waals surface area contributed by atoms with E-state index in [1.807, 2.05) is 13.1 Å². The summed E-state index contributed by atoms with van der Waals surface area (Å²) in [6.07, 6.45) is 0. The van der Waals surface area contributed by atoms with E-state index in [0.29, 0.717) is 10.6 Å². The van der Waals surface area contributed by atoms with E-state index in [0.717, 1.165) is 5.56 Å². The lowest BCUT2D eigenvalue weighted by atomic mass is 10.0. The zero-order valence-electron chi connectivity index (χ0n) is 10.6. The van der Waals surface area contributed by atoms with Crippen molar-refractivity contribution in [2.24, 2.45) is 0 Å². The number of rotatable bonds is 3. The van der Waals surface area contributed by atoms with Gasteiger partial charge in [-0.2, -0.15) is 0 Å². The zero-order valence-corrected chi connectivity index (χ0v) is 12.1. The molecule has 0 spiro atoms. The summed E-state index contributed by atoms with van der Waals surface area (Å²) >= 11 is 7.85. The highest BCUT2D eigenvalue weighted by Crippen LogP contribution is 2.34. The monoisotopic (exact) mass is 283 g/mol. The molecule has 0 saturated heterocycles. The SMILES string of the molecule is CNC(c1cc(C)c(F)cc1Cl)c1sccc1C. The van der Waals surface area contributed by atoms with Gasteiger partial charge in [-0.3, -0.25) is 0 Å². The minimum atomic E-state index is -0.262. The summed E-state index contributed by atoms with van der Waals surface area (Å²) in [4.78, 5) is 1.21. The Morgan fingerprint density at radius 3 is 2.56 bits per heavy atom. The van der Waals surface area contributed by atoms with Crippen molar-refractivity contribution in [3.8, 4) is 0 Å². The van der Waals surface area contributed by atoms with E-state index in [4.69, 9.17) is 11.6 Å². The summed E-state index contributed by atoms with van der Waals surface area (Å²) in [5, 5.41) is 5.77. The van der Waals surface area contributed by atoms with Crippen LogP contribution in [-0.4, -0.2) is 7.05 Å².